The molecule has 1 saturated heterocycles. The lowest BCUT2D eigenvalue weighted by molar-refractivity contribution is -0.110. The van der Waals surface area contributed by atoms with Crippen molar-refractivity contribution in [3.8, 4) is 5.75 Å². The molecule has 1 aromatic rings. The Morgan fingerprint density at radius 1 is 1.12 bits per heavy atom. The van der Waals surface area contributed by atoms with Gasteiger partial charge in [0.05, 0.1) is 12.2 Å². The molecule has 1 N–H and O–H groups in total. The first-order valence-corrected chi connectivity index (χ1v) is 9.57. The van der Waals surface area contributed by atoms with E-state index in [0.29, 0.717) is 25.2 Å². The van der Waals surface area contributed by atoms with E-state index in [2.05, 4.69) is 17.1 Å². The topological polar surface area (TPSA) is 50.8 Å². The van der Waals surface area contributed by atoms with E-state index in [9.17, 15) is 4.79 Å². The standard InChI is InChI=1S/C20H30N2O3/c1-2-9-22-10-7-18(8-11-22)25-20-12-19(13-20)24-17-5-3-16(4-6-17)14-21-15-23/h3-6,15,18-20H,2,7-14H2,1H3,(H,21,23). The maximum atomic E-state index is 10.3. The Labute approximate surface area is 150 Å². The average Bonchev–Trinajstić information content (AvgIpc) is 2.61. The van der Waals surface area contributed by atoms with Crippen LogP contribution in [0.3, 0.4) is 0 Å². The van der Waals surface area contributed by atoms with E-state index in [1.807, 2.05) is 24.3 Å². The molecule has 0 radical (unpaired) electrons. The van der Waals surface area contributed by atoms with Crippen molar-refractivity contribution in [3.05, 3.63) is 29.8 Å². The van der Waals surface area contributed by atoms with Crippen LogP contribution < -0.4 is 10.1 Å². The molecule has 2 fully saturated rings. The van der Waals surface area contributed by atoms with Crippen molar-refractivity contribution < 1.29 is 14.3 Å². The number of piperidine rings is 1. The van der Waals surface area contributed by atoms with Gasteiger partial charge in [-0.25, -0.2) is 0 Å². The Kier molecular flexibility index (Phi) is 6.70. The van der Waals surface area contributed by atoms with Crippen LogP contribution >= 0.6 is 0 Å². The van der Waals surface area contributed by atoms with Crippen LogP contribution in [0.4, 0.5) is 0 Å². The lowest BCUT2D eigenvalue weighted by Gasteiger charge is -2.39. The van der Waals surface area contributed by atoms with E-state index in [4.69, 9.17) is 9.47 Å². The summed E-state index contributed by atoms with van der Waals surface area (Å²) in [5.74, 6) is 0.895. The summed E-state index contributed by atoms with van der Waals surface area (Å²) in [6, 6.07) is 7.92. The van der Waals surface area contributed by atoms with Gasteiger partial charge in [0, 0.05) is 32.5 Å². The van der Waals surface area contributed by atoms with Crippen LogP contribution in [0.15, 0.2) is 24.3 Å². The van der Waals surface area contributed by atoms with Gasteiger partial charge in [-0.2, -0.15) is 0 Å². The van der Waals surface area contributed by atoms with Crippen LogP contribution in [0.2, 0.25) is 0 Å². The van der Waals surface area contributed by atoms with Crippen molar-refractivity contribution in [1.29, 1.82) is 0 Å². The molecular weight excluding hydrogens is 316 g/mol. The second-order valence-corrected chi connectivity index (χ2v) is 7.15. The molecule has 0 aromatic heterocycles. The summed E-state index contributed by atoms with van der Waals surface area (Å²) in [4.78, 5) is 12.8. The van der Waals surface area contributed by atoms with Crippen molar-refractivity contribution in [1.82, 2.24) is 10.2 Å². The molecule has 1 aromatic carbocycles. The fourth-order valence-corrected chi connectivity index (χ4v) is 3.62. The largest absolute Gasteiger partial charge is 0.490 e. The van der Waals surface area contributed by atoms with Gasteiger partial charge in [0.1, 0.15) is 11.9 Å². The van der Waals surface area contributed by atoms with Gasteiger partial charge in [-0.3, -0.25) is 4.79 Å². The maximum Gasteiger partial charge on any atom is 0.207 e. The molecule has 0 atom stereocenters. The first-order chi connectivity index (χ1) is 12.3. The Bertz CT molecular complexity index is 520. The van der Waals surface area contributed by atoms with Crippen molar-refractivity contribution >= 4 is 6.41 Å². The molecule has 2 aliphatic rings. The zero-order valence-corrected chi connectivity index (χ0v) is 15.2. The summed E-state index contributed by atoms with van der Waals surface area (Å²) in [6.07, 6.45) is 7.33. The minimum absolute atomic E-state index is 0.268. The van der Waals surface area contributed by atoms with Crippen LogP contribution in [-0.2, 0) is 16.1 Å². The van der Waals surface area contributed by atoms with Gasteiger partial charge in [0.15, 0.2) is 0 Å². The van der Waals surface area contributed by atoms with Gasteiger partial charge in [0.2, 0.25) is 6.41 Å². The normalized spacial score (nSPS) is 24.5. The quantitative estimate of drug-likeness (QED) is 0.699. The minimum atomic E-state index is 0.268. The second kappa shape index (κ2) is 9.20. The van der Waals surface area contributed by atoms with Crippen molar-refractivity contribution in [2.24, 2.45) is 0 Å². The van der Waals surface area contributed by atoms with Crippen LogP contribution in [0, 0.1) is 0 Å². The molecule has 1 heterocycles. The number of benzene rings is 1. The van der Waals surface area contributed by atoms with Gasteiger partial charge >= 0.3 is 0 Å². The van der Waals surface area contributed by atoms with Gasteiger partial charge in [-0.15, -0.1) is 0 Å². The van der Waals surface area contributed by atoms with Gasteiger partial charge in [0.25, 0.3) is 0 Å². The Balaban J connectivity index is 1.32. The third kappa shape index (κ3) is 5.44. The number of nitrogens with zero attached hydrogens (tertiary/aromatic N) is 1. The fraction of sp³-hybridized carbons (Fsp3) is 0.650. The number of nitrogens with one attached hydrogen (secondary N) is 1. The third-order valence-corrected chi connectivity index (χ3v) is 5.13. The summed E-state index contributed by atoms with van der Waals surface area (Å²) < 4.78 is 12.2. The zero-order chi connectivity index (χ0) is 17.5. The van der Waals surface area contributed by atoms with E-state index in [-0.39, 0.29) is 6.10 Å². The molecule has 0 unspecified atom stereocenters. The lowest BCUT2D eigenvalue weighted by atomic mass is 9.91. The number of amides is 1. The summed E-state index contributed by atoms with van der Waals surface area (Å²) in [5, 5.41) is 2.66. The highest BCUT2D eigenvalue weighted by molar-refractivity contribution is 5.46. The molecule has 1 aliphatic carbocycles. The Hall–Kier alpha value is -1.59. The Morgan fingerprint density at radius 2 is 1.84 bits per heavy atom. The molecule has 25 heavy (non-hydrogen) atoms. The smallest absolute Gasteiger partial charge is 0.207 e. The summed E-state index contributed by atoms with van der Waals surface area (Å²) in [5.41, 5.74) is 1.07. The third-order valence-electron chi connectivity index (χ3n) is 5.13. The van der Waals surface area contributed by atoms with Crippen molar-refractivity contribution in [2.45, 2.75) is 63.9 Å². The molecule has 1 amide bonds. The predicted octanol–water partition coefficient (Wildman–Crippen LogP) is 2.73. The molecule has 5 heteroatoms. The molecular formula is C20H30N2O3. The van der Waals surface area contributed by atoms with Crippen molar-refractivity contribution in [2.75, 3.05) is 19.6 Å². The van der Waals surface area contributed by atoms with E-state index < -0.39 is 0 Å². The molecule has 1 saturated carbocycles. The highest BCUT2D eigenvalue weighted by Gasteiger charge is 2.34. The van der Waals surface area contributed by atoms with Crippen LogP contribution in [0.5, 0.6) is 5.75 Å². The van der Waals surface area contributed by atoms with E-state index in [1.54, 1.807) is 0 Å². The van der Waals surface area contributed by atoms with Gasteiger partial charge in [-0.05, 0) is 43.5 Å². The highest BCUT2D eigenvalue weighted by atomic mass is 16.5. The predicted molar refractivity (Wildman–Crippen MR) is 97.6 cm³/mol. The summed E-state index contributed by atoms with van der Waals surface area (Å²) in [6.45, 7) is 6.37. The molecule has 0 bridgehead atoms. The minimum Gasteiger partial charge on any atom is -0.490 e. The molecule has 5 nitrogen and oxygen atoms in total. The summed E-state index contributed by atoms with van der Waals surface area (Å²) >= 11 is 0. The second-order valence-electron chi connectivity index (χ2n) is 7.15. The van der Waals surface area contributed by atoms with E-state index >= 15 is 0 Å². The zero-order valence-electron chi connectivity index (χ0n) is 15.2. The SMILES string of the molecule is CCCN1CCC(OC2CC(Oc3ccc(CNC=O)cc3)C2)CC1. The lowest BCUT2D eigenvalue weighted by Crippen LogP contribution is -2.44. The van der Waals surface area contributed by atoms with Crippen LogP contribution in [0.25, 0.3) is 0 Å². The number of carbonyl (C=O) groups is 1. The number of carbonyl (C=O) groups excluding carboxylic acids is 1. The number of rotatable bonds is 9. The van der Waals surface area contributed by atoms with Crippen LogP contribution in [0.1, 0.15) is 44.6 Å². The van der Waals surface area contributed by atoms with Crippen LogP contribution in [-0.4, -0.2) is 49.3 Å². The molecule has 0 spiro atoms. The van der Waals surface area contributed by atoms with Crippen molar-refractivity contribution in [3.63, 3.8) is 0 Å². The number of ether oxygens (including phenoxy) is 2. The monoisotopic (exact) mass is 346 g/mol. The van der Waals surface area contributed by atoms with E-state index in [0.717, 1.165) is 37.0 Å². The summed E-state index contributed by atoms with van der Waals surface area (Å²) in [7, 11) is 0. The fourth-order valence-electron chi connectivity index (χ4n) is 3.62. The Morgan fingerprint density at radius 3 is 2.48 bits per heavy atom. The molecule has 1 aliphatic heterocycles. The maximum absolute atomic E-state index is 10.3. The molecule has 3 rings (SSSR count). The molecule has 138 valence electrons. The first kappa shape index (κ1) is 18.2. The number of hydrogen-bond acceptors (Lipinski definition) is 4. The average molecular weight is 346 g/mol. The number of likely N-dealkylation sites (tertiary alicyclic amines) is 1. The highest BCUT2D eigenvalue weighted by Crippen LogP contribution is 2.31. The van der Waals surface area contributed by atoms with Gasteiger partial charge < -0.3 is 19.7 Å². The van der Waals surface area contributed by atoms with E-state index in [1.165, 1.54) is 26.1 Å². The van der Waals surface area contributed by atoms with Gasteiger partial charge in [-0.1, -0.05) is 19.1 Å². The number of hydrogen-bond donors (Lipinski definition) is 1. The first-order valence-electron chi connectivity index (χ1n) is 9.57.